The summed E-state index contributed by atoms with van der Waals surface area (Å²) in [6.07, 6.45) is 0. The first-order valence-electron chi connectivity index (χ1n) is 17.3. The molecule has 0 aliphatic carbocycles. The molecule has 0 amide bonds. The lowest BCUT2D eigenvalue weighted by Crippen LogP contribution is -1.89. The Morgan fingerprint density at radius 2 is 0.540 bits per heavy atom. The molecule has 10 rings (SSSR count). The van der Waals surface area contributed by atoms with Gasteiger partial charge >= 0.3 is 0 Å². The van der Waals surface area contributed by atoms with Gasteiger partial charge in [0.05, 0.1) is 0 Å². The molecule has 0 spiro atoms. The quantitative estimate of drug-likeness (QED) is 0.169. The first-order valence-corrected chi connectivity index (χ1v) is 17.3. The van der Waals surface area contributed by atoms with Crippen LogP contribution >= 0.6 is 0 Å². The molecule has 0 aliphatic rings. The monoisotopic (exact) mass is 632 g/mol. The van der Waals surface area contributed by atoms with E-state index < -0.39 is 0 Å². The Morgan fingerprint density at radius 3 is 0.960 bits per heavy atom. The summed E-state index contributed by atoms with van der Waals surface area (Å²) < 4.78 is 0. The molecule has 0 N–H and O–H groups in total. The molecular formula is C50H32. The fourth-order valence-electron chi connectivity index (χ4n) is 7.91. The Bertz CT molecular complexity index is 2700. The van der Waals surface area contributed by atoms with Crippen molar-refractivity contribution in [2.75, 3.05) is 0 Å². The highest BCUT2D eigenvalue weighted by Crippen LogP contribution is 2.43. The normalized spacial score (nSPS) is 11.6. The van der Waals surface area contributed by atoms with Crippen molar-refractivity contribution >= 4 is 53.9 Å². The number of rotatable bonds is 4. The predicted molar refractivity (Wildman–Crippen MR) is 216 cm³/mol. The van der Waals surface area contributed by atoms with Crippen molar-refractivity contribution in [2.24, 2.45) is 0 Å². The van der Waals surface area contributed by atoms with Crippen LogP contribution in [0.25, 0.3) is 98.4 Å². The van der Waals surface area contributed by atoms with Gasteiger partial charge in [0.1, 0.15) is 0 Å². The highest BCUT2D eigenvalue weighted by molar-refractivity contribution is 6.26. The smallest absolute Gasteiger partial charge is 0.00259 e. The minimum absolute atomic E-state index is 1.23. The zero-order chi connectivity index (χ0) is 33.0. The third-order valence-electron chi connectivity index (χ3n) is 10.4. The molecule has 0 unspecified atom stereocenters. The van der Waals surface area contributed by atoms with E-state index in [1.807, 2.05) is 0 Å². The highest BCUT2D eigenvalue weighted by atomic mass is 14.2. The van der Waals surface area contributed by atoms with Gasteiger partial charge in [-0.2, -0.15) is 0 Å². The second-order valence-electron chi connectivity index (χ2n) is 13.3. The Morgan fingerprint density at radius 1 is 0.200 bits per heavy atom. The summed E-state index contributed by atoms with van der Waals surface area (Å²) in [4.78, 5) is 0. The van der Waals surface area contributed by atoms with Crippen LogP contribution < -0.4 is 0 Å². The summed E-state index contributed by atoms with van der Waals surface area (Å²) in [7, 11) is 0. The van der Waals surface area contributed by atoms with Crippen molar-refractivity contribution in [3.8, 4) is 44.5 Å². The van der Waals surface area contributed by atoms with Crippen molar-refractivity contribution in [1.29, 1.82) is 0 Å². The molecule has 10 aromatic rings. The standard InChI is InChI=1S/C50H32/c1-3-11-33(12-4-1)35-19-21-39-29-41(25-23-37(39)27-35)48-31-43-32-49(45-16-8-10-18-47(45)50(43)46-17-9-7-15-44(46)48)42-26-24-38-28-36(20-22-40(38)30-42)34-13-5-2-6-14-34/h1-32H. The van der Waals surface area contributed by atoms with Crippen LogP contribution in [0, 0.1) is 0 Å². The van der Waals surface area contributed by atoms with E-state index >= 15 is 0 Å². The largest absolute Gasteiger partial charge is 0.0622 e. The average molecular weight is 633 g/mol. The van der Waals surface area contributed by atoms with Crippen molar-refractivity contribution in [3.63, 3.8) is 0 Å². The van der Waals surface area contributed by atoms with Crippen LogP contribution in [0.15, 0.2) is 194 Å². The molecule has 0 aliphatic heterocycles. The fraction of sp³-hybridized carbons (Fsp3) is 0. The highest BCUT2D eigenvalue weighted by Gasteiger charge is 2.15. The Labute approximate surface area is 291 Å². The Hall–Kier alpha value is -6.50. The molecule has 10 aromatic carbocycles. The van der Waals surface area contributed by atoms with Gasteiger partial charge in [0.15, 0.2) is 0 Å². The molecule has 232 valence electrons. The fourth-order valence-corrected chi connectivity index (χ4v) is 7.91. The van der Waals surface area contributed by atoms with Crippen LogP contribution in [0.5, 0.6) is 0 Å². The summed E-state index contributed by atoms with van der Waals surface area (Å²) in [5, 5.41) is 12.7. The van der Waals surface area contributed by atoms with E-state index in [2.05, 4.69) is 194 Å². The average Bonchev–Trinajstić information content (AvgIpc) is 3.20. The molecule has 0 saturated carbocycles. The van der Waals surface area contributed by atoms with Crippen LogP contribution in [0.3, 0.4) is 0 Å². The van der Waals surface area contributed by atoms with E-state index in [1.165, 1.54) is 98.4 Å². The van der Waals surface area contributed by atoms with E-state index in [-0.39, 0.29) is 0 Å². The van der Waals surface area contributed by atoms with Gasteiger partial charge in [0.25, 0.3) is 0 Å². The van der Waals surface area contributed by atoms with Gasteiger partial charge in [-0.1, -0.05) is 158 Å². The zero-order valence-corrected chi connectivity index (χ0v) is 27.5. The third kappa shape index (κ3) is 4.77. The van der Waals surface area contributed by atoms with Crippen molar-refractivity contribution < 1.29 is 0 Å². The predicted octanol–water partition coefficient (Wildman–Crippen LogP) is 14.1. The molecule has 0 nitrogen and oxygen atoms in total. The van der Waals surface area contributed by atoms with Gasteiger partial charge in [-0.15, -0.1) is 0 Å². The zero-order valence-electron chi connectivity index (χ0n) is 27.5. The first kappa shape index (κ1) is 28.5. The third-order valence-corrected chi connectivity index (χ3v) is 10.4. The van der Waals surface area contributed by atoms with E-state index in [1.54, 1.807) is 0 Å². The van der Waals surface area contributed by atoms with Crippen LogP contribution in [0.1, 0.15) is 0 Å². The maximum absolute atomic E-state index is 2.42. The topological polar surface area (TPSA) is 0 Å². The lowest BCUT2D eigenvalue weighted by atomic mass is 9.87. The molecule has 0 atom stereocenters. The Balaban J connectivity index is 1.15. The van der Waals surface area contributed by atoms with Crippen molar-refractivity contribution in [3.05, 3.63) is 194 Å². The van der Waals surface area contributed by atoms with Crippen molar-refractivity contribution in [1.82, 2.24) is 0 Å². The number of hydrogen-bond acceptors (Lipinski definition) is 0. The van der Waals surface area contributed by atoms with E-state index in [9.17, 15) is 0 Å². The van der Waals surface area contributed by atoms with Crippen LogP contribution in [0.4, 0.5) is 0 Å². The number of fused-ring (bicyclic) bond motifs is 7. The van der Waals surface area contributed by atoms with E-state index in [0.29, 0.717) is 0 Å². The van der Waals surface area contributed by atoms with Crippen molar-refractivity contribution in [2.45, 2.75) is 0 Å². The van der Waals surface area contributed by atoms with Gasteiger partial charge in [-0.05, 0) is 135 Å². The minimum atomic E-state index is 1.23. The molecule has 0 bridgehead atoms. The van der Waals surface area contributed by atoms with E-state index in [4.69, 9.17) is 0 Å². The Kier molecular flexibility index (Phi) is 6.60. The van der Waals surface area contributed by atoms with Gasteiger partial charge in [0.2, 0.25) is 0 Å². The molecule has 0 fully saturated rings. The lowest BCUT2D eigenvalue weighted by molar-refractivity contribution is 1.64. The molecule has 0 saturated heterocycles. The molecule has 0 aromatic heterocycles. The second kappa shape index (κ2) is 11.6. The van der Waals surface area contributed by atoms with Gasteiger partial charge in [-0.25, -0.2) is 0 Å². The van der Waals surface area contributed by atoms with E-state index in [0.717, 1.165) is 0 Å². The number of hydrogen-bond donors (Lipinski definition) is 0. The minimum Gasteiger partial charge on any atom is -0.0622 e. The van der Waals surface area contributed by atoms with Gasteiger partial charge in [0, 0.05) is 0 Å². The first-order chi connectivity index (χ1) is 24.8. The molecule has 50 heavy (non-hydrogen) atoms. The van der Waals surface area contributed by atoms with Crippen LogP contribution in [0.2, 0.25) is 0 Å². The summed E-state index contributed by atoms with van der Waals surface area (Å²) >= 11 is 0. The summed E-state index contributed by atoms with van der Waals surface area (Å²) in [5.74, 6) is 0. The van der Waals surface area contributed by atoms with Gasteiger partial charge in [-0.3, -0.25) is 0 Å². The van der Waals surface area contributed by atoms with Crippen LogP contribution in [-0.4, -0.2) is 0 Å². The molecule has 0 radical (unpaired) electrons. The molecule has 0 heteroatoms. The maximum atomic E-state index is 2.42. The molecular weight excluding hydrogens is 601 g/mol. The van der Waals surface area contributed by atoms with Crippen LogP contribution in [-0.2, 0) is 0 Å². The SMILES string of the molecule is c1ccc(-c2ccc3cc(-c4cc5cc(-c6ccc7cc(-c8ccccc8)ccc7c6)c6ccccc6c5c5ccccc45)ccc3c2)cc1. The lowest BCUT2D eigenvalue weighted by Gasteiger charge is -2.17. The summed E-state index contributed by atoms with van der Waals surface area (Å²) in [6.45, 7) is 0. The molecule has 0 heterocycles. The second-order valence-corrected chi connectivity index (χ2v) is 13.3. The van der Waals surface area contributed by atoms with Gasteiger partial charge < -0.3 is 0 Å². The number of benzene rings is 10. The summed E-state index contributed by atoms with van der Waals surface area (Å²) in [6, 6.07) is 71.4. The maximum Gasteiger partial charge on any atom is -0.00259 e. The summed E-state index contributed by atoms with van der Waals surface area (Å²) in [5.41, 5.74) is 9.95.